The Balaban J connectivity index is 1.98. The van der Waals surface area contributed by atoms with Gasteiger partial charge in [0.25, 0.3) is 0 Å². The quantitative estimate of drug-likeness (QED) is 0.760. The third kappa shape index (κ3) is 5.05. The van der Waals surface area contributed by atoms with Gasteiger partial charge in [0.05, 0.1) is 5.75 Å². The topological polar surface area (TPSA) is 54.9 Å². The Morgan fingerprint density at radius 2 is 2.00 bits per heavy atom. The van der Waals surface area contributed by atoms with E-state index in [1.165, 1.54) is 22.5 Å². The number of nitrogens with zero attached hydrogens (tertiary/aromatic N) is 2. The first-order valence-electron chi connectivity index (χ1n) is 8.04. The van der Waals surface area contributed by atoms with E-state index in [1.54, 1.807) is 11.8 Å². The van der Waals surface area contributed by atoms with E-state index in [2.05, 4.69) is 75.3 Å². The number of aryl methyl sites for hydroxylation is 1. The molecule has 0 saturated heterocycles. The van der Waals surface area contributed by atoms with Crippen LogP contribution in [0.5, 0.6) is 0 Å². The number of aromatic nitrogens is 2. The summed E-state index contributed by atoms with van der Waals surface area (Å²) >= 11 is 3.00. The number of carbonyl (C=O) groups excluding carboxylic acids is 1. The van der Waals surface area contributed by atoms with Crippen LogP contribution in [-0.2, 0) is 10.2 Å². The van der Waals surface area contributed by atoms with Crippen LogP contribution in [0, 0.1) is 6.92 Å². The Morgan fingerprint density at radius 3 is 2.58 bits per heavy atom. The van der Waals surface area contributed by atoms with E-state index in [-0.39, 0.29) is 11.3 Å². The third-order valence-corrected chi connectivity index (χ3v) is 5.89. The van der Waals surface area contributed by atoms with Crippen molar-refractivity contribution in [2.75, 3.05) is 11.1 Å². The number of carbonyl (C=O) groups is 1. The van der Waals surface area contributed by atoms with Crippen LogP contribution in [0.1, 0.15) is 56.7 Å². The van der Waals surface area contributed by atoms with Crippen LogP contribution >= 0.6 is 23.1 Å². The molecule has 0 fully saturated rings. The van der Waals surface area contributed by atoms with Crippen molar-refractivity contribution in [2.24, 2.45) is 0 Å². The maximum atomic E-state index is 12.2. The molecule has 0 radical (unpaired) electrons. The summed E-state index contributed by atoms with van der Waals surface area (Å²) in [4.78, 5) is 13.3. The van der Waals surface area contributed by atoms with Crippen LogP contribution in [-0.4, -0.2) is 21.9 Å². The number of anilines is 1. The van der Waals surface area contributed by atoms with Gasteiger partial charge in [0, 0.05) is 10.8 Å². The number of thioether (sulfide) groups is 1. The monoisotopic (exact) mass is 363 g/mol. The van der Waals surface area contributed by atoms with Crippen molar-refractivity contribution in [3.8, 4) is 0 Å². The van der Waals surface area contributed by atoms with Crippen LogP contribution in [0.25, 0.3) is 0 Å². The van der Waals surface area contributed by atoms with Gasteiger partial charge in [0.15, 0.2) is 0 Å². The van der Waals surface area contributed by atoms with Gasteiger partial charge in [0.1, 0.15) is 5.01 Å². The average Bonchev–Trinajstić information content (AvgIpc) is 2.94. The van der Waals surface area contributed by atoms with Gasteiger partial charge in [-0.3, -0.25) is 10.1 Å². The highest BCUT2D eigenvalue weighted by molar-refractivity contribution is 8.00. The van der Waals surface area contributed by atoms with Crippen LogP contribution in [0.4, 0.5) is 5.13 Å². The average molecular weight is 364 g/mol. The van der Waals surface area contributed by atoms with Gasteiger partial charge < -0.3 is 0 Å². The van der Waals surface area contributed by atoms with E-state index >= 15 is 0 Å². The molecule has 130 valence electrons. The van der Waals surface area contributed by atoms with E-state index in [0.29, 0.717) is 16.8 Å². The Bertz CT molecular complexity index is 717. The van der Waals surface area contributed by atoms with Gasteiger partial charge in [-0.2, -0.15) is 0 Å². The molecule has 0 aliphatic carbocycles. The maximum Gasteiger partial charge on any atom is 0.236 e. The summed E-state index contributed by atoms with van der Waals surface area (Å²) in [7, 11) is 0. The summed E-state index contributed by atoms with van der Waals surface area (Å²) in [5.41, 5.74) is 2.57. The maximum absolute atomic E-state index is 12.2. The molecule has 0 spiro atoms. The summed E-state index contributed by atoms with van der Waals surface area (Å²) in [6.07, 6.45) is 0. The highest BCUT2D eigenvalue weighted by Gasteiger charge is 2.16. The molecule has 0 atom stereocenters. The second-order valence-corrected chi connectivity index (χ2v) is 9.19. The third-order valence-electron chi connectivity index (χ3n) is 3.59. The minimum atomic E-state index is -0.0491. The van der Waals surface area contributed by atoms with E-state index < -0.39 is 0 Å². The largest absolute Gasteiger partial charge is 0.300 e. The normalized spacial score (nSPS) is 11.8. The highest BCUT2D eigenvalue weighted by Crippen LogP contribution is 2.30. The molecule has 4 nitrogen and oxygen atoms in total. The molecule has 24 heavy (non-hydrogen) atoms. The zero-order valence-electron chi connectivity index (χ0n) is 15.1. The molecule has 0 aliphatic rings. The lowest BCUT2D eigenvalue weighted by atomic mass is 9.87. The first-order valence-corrected chi connectivity index (χ1v) is 9.84. The molecule has 1 amide bonds. The van der Waals surface area contributed by atoms with Gasteiger partial charge in [-0.05, 0) is 29.5 Å². The molecule has 1 aromatic carbocycles. The molecular formula is C18H25N3OS2. The van der Waals surface area contributed by atoms with Crippen molar-refractivity contribution in [3.63, 3.8) is 0 Å². The summed E-state index contributed by atoms with van der Waals surface area (Å²) < 4.78 is 0. The SMILES string of the molecule is Cc1ccc(C(C)(C)C)cc1SCC(=O)Nc1nnc(C(C)C)s1. The molecular weight excluding hydrogens is 338 g/mol. The minimum absolute atomic E-state index is 0.0491. The molecule has 0 bridgehead atoms. The number of amides is 1. The van der Waals surface area contributed by atoms with Crippen molar-refractivity contribution in [2.45, 2.75) is 57.8 Å². The first-order chi connectivity index (χ1) is 11.2. The Labute approximate surface area is 152 Å². The summed E-state index contributed by atoms with van der Waals surface area (Å²) in [6.45, 7) is 12.8. The molecule has 2 aromatic rings. The number of nitrogens with one attached hydrogen (secondary N) is 1. The van der Waals surface area contributed by atoms with E-state index in [0.717, 1.165) is 9.90 Å². The van der Waals surface area contributed by atoms with E-state index in [9.17, 15) is 4.79 Å². The minimum Gasteiger partial charge on any atom is -0.300 e. The molecule has 0 unspecified atom stereocenters. The lowest BCUT2D eigenvalue weighted by Crippen LogP contribution is -2.14. The summed E-state index contributed by atoms with van der Waals surface area (Å²) in [5, 5.41) is 12.5. The second kappa shape index (κ2) is 7.66. The number of hydrogen-bond donors (Lipinski definition) is 1. The van der Waals surface area contributed by atoms with E-state index in [4.69, 9.17) is 0 Å². The number of hydrogen-bond acceptors (Lipinski definition) is 5. The molecule has 0 saturated carbocycles. The van der Waals surface area contributed by atoms with Crippen molar-refractivity contribution >= 4 is 34.1 Å². The van der Waals surface area contributed by atoms with Gasteiger partial charge in [-0.15, -0.1) is 22.0 Å². The van der Waals surface area contributed by atoms with Crippen molar-refractivity contribution < 1.29 is 4.79 Å². The van der Waals surface area contributed by atoms with Crippen LogP contribution in [0.2, 0.25) is 0 Å². The van der Waals surface area contributed by atoms with Gasteiger partial charge in [0.2, 0.25) is 11.0 Å². The smallest absolute Gasteiger partial charge is 0.236 e. The molecule has 6 heteroatoms. The summed E-state index contributed by atoms with van der Waals surface area (Å²) in [6, 6.07) is 6.48. The van der Waals surface area contributed by atoms with E-state index in [1.807, 2.05) is 0 Å². The fourth-order valence-corrected chi connectivity index (χ4v) is 3.67. The number of rotatable bonds is 5. The predicted molar refractivity (Wildman–Crippen MR) is 103 cm³/mol. The fraction of sp³-hybridized carbons (Fsp3) is 0.500. The van der Waals surface area contributed by atoms with Gasteiger partial charge >= 0.3 is 0 Å². The van der Waals surface area contributed by atoms with Crippen molar-refractivity contribution in [1.29, 1.82) is 0 Å². The molecule has 1 aromatic heterocycles. The zero-order valence-corrected chi connectivity index (χ0v) is 16.8. The van der Waals surface area contributed by atoms with Crippen LogP contribution in [0.3, 0.4) is 0 Å². The molecule has 2 rings (SSSR count). The van der Waals surface area contributed by atoms with Crippen molar-refractivity contribution in [1.82, 2.24) is 10.2 Å². The molecule has 1 heterocycles. The lowest BCUT2D eigenvalue weighted by Gasteiger charge is -2.20. The van der Waals surface area contributed by atoms with Gasteiger partial charge in [-0.25, -0.2) is 0 Å². The number of benzene rings is 1. The molecule has 1 N–H and O–H groups in total. The highest BCUT2D eigenvalue weighted by atomic mass is 32.2. The Morgan fingerprint density at radius 1 is 1.29 bits per heavy atom. The second-order valence-electron chi connectivity index (χ2n) is 7.17. The predicted octanol–water partition coefficient (Wildman–Crippen LogP) is 5.00. The molecule has 0 aliphatic heterocycles. The first kappa shape index (κ1) is 18.9. The standard InChI is InChI=1S/C18H25N3OS2/c1-11(2)16-20-21-17(24-16)19-15(22)10-23-14-9-13(18(4,5)6)8-7-12(14)3/h7-9,11H,10H2,1-6H3,(H,19,21,22). The zero-order chi connectivity index (χ0) is 17.9. The summed E-state index contributed by atoms with van der Waals surface area (Å²) in [5.74, 6) is 0.641. The van der Waals surface area contributed by atoms with Crippen LogP contribution < -0.4 is 5.32 Å². The lowest BCUT2D eigenvalue weighted by molar-refractivity contribution is -0.113. The van der Waals surface area contributed by atoms with Crippen molar-refractivity contribution in [3.05, 3.63) is 34.3 Å². The Hall–Kier alpha value is -1.40. The Kier molecular flexibility index (Phi) is 6.04. The van der Waals surface area contributed by atoms with Gasteiger partial charge in [-0.1, -0.05) is 58.1 Å². The van der Waals surface area contributed by atoms with Crippen LogP contribution in [0.15, 0.2) is 23.1 Å². The fourth-order valence-electron chi connectivity index (χ4n) is 2.04.